The average Bonchev–Trinajstić information content (AvgIpc) is 3.03. The number of aromatic nitrogens is 2. The van der Waals surface area contributed by atoms with Crippen molar-refractivity contribution in [2.45, 2.75) is 19.9 Å². The summed E-state index contributed by atoms with van der Waals surface area (Å²) in [4.78, 5) is 41.0. The van der Waals surface area contributed by atoms with Crippen LogP contribution >= 0.6 is 0 Å². The van der Waals surface area contributed by atoms with Crippen LogP contribution in [0.1, 0.15) is 13.3 Å². The second-order valence-electron chi connectivity index (χ2n) is 6.62. The Morgan fingerprint density at radius 1 is 1.10 bits per heavy atom. The van der Waals surface area contributed by atoms with E-state index >= 15 is 0 Å². The molecule has 0 radical (unpaired) electrons. The van der Waals surface area contributed by atoms with E-state index < -0.39 is 47.2 Å². The molecular formula is C20H19F3N4O3. The molecule has 3 aromatic rings. The van der Waals surface area contributed by atoms with E-state index in [4.69, 9.17) is 0 Å². The number of imidazole rings is 1. The number of aromatic amines is 1. The van der Waals surface area contributed by atoms with Crippen molar-refractivity contribution >= 4 is 28.5 Å². The second-order valence-corrected chi connectivity index (χ2v) is 6.62. The number of halogens is 3. The number of amides is 2. The lowest BCUT2D eigenvalue weighted by molar-refractivity contribution is -0.135. The maximum absolute atomic E-state index is 13.8. The molecular weight excluding hydrogens is 401 g/mol. The van der Waals surface area contributed by atoms with E-state index in [9.17, 15) is 27.6 Å². The highest BCUT2D eigenvalue weighted by atomic mass is 19.2. The van der Waals surface area contributed by atoms with Gasteiger partial charge in [0.05, 0.1) is 23.3 Å². The van der Waals surface area contributed by atoms with Gasteiger partial charge in [-0.25, -0.2) is 18.0 Å². The number of fused-ring (bicyclic) bond motifs is 1. The number of rotatable bonds is 7. The Morgan fingerprint density at radius 2 is 1.83 bits per heavy atom. The molecule has 0 atom stereocenters. The predicted molar refractivity (Wildman–Crippen MR) is 104 cm³/mol. The maximum atomic E-state index is 13.8. The van der Waals surface area contributed by atoms with Crippen LogP contribution in [0.25, 0.3) is 11.0 Å². The molecule has 2 N–H and O–H groups in total. The van der Waals surface area contributed by atoms with Gasteiger partial charge in [0, 0.05) is 6.54 Å². The molecule has 0 saturated carbocycles. The monoisotopic (exact) mass is 420 g/mol. The van der Waals surface area contributed by atoms with Crippen molar-refractivity contribution in [2.75, 3.05) is 18.4 Å². The van der Waals surface area contributed by atoms with Crippen molar-refractivity contribution in [3.63, 3.8) is 0 Å². The fraction of sp³-hybridized carbons (Fsp3) is 0.250. The molecule has 0 saturated heterocycles. The number of nitrogens with one attached hydrogen (secondary N) is 2. The summed E-state index contributed by atoms with van der Waals surface area (Å²) < 4.78 is 41.4. The molecule has 0 fully saturated rings. The summed E-state index contributed by atoms with van der Waals surface area (Å²) in [7, 11) is 0. The Kier molecular flexibility index (Phi) is 6.24. The van der Waals surface area contributed by atoms with Crippen LogP contribution in [0, 0.1) is 17.5 Å². The first-order valence-electron chi connectivity index (χ1n) is 9.20. The van der Waals surface area contributed by atoms with Crippen LogP contribution in [0.3, 0.4) is 0 Å². The van der Waals surface area contributed by atoms with Gasteiger partial charge in [-0.3, -0.25) is 14.2 Å². The minimum absolute atomic E-state index is 0.212. The van der Waals surface area contributed by atoms with Crippen molar-refractivity contribution in [3.8, 4) is 0 Å². The lowest BCUT2D eigenvalue weighted by Gasteiger charge is -2.22. The van der Waals surface area contributed by atoms with E-state index in [1.807, 2.05) is 0 Å². The van der Waals surface area contributed by atoms with Crippen LogP contribution in [-0.2, 0) is 16.1 Å². The molecule has 30 heavy (non-hydrogen) atoms. The molecule has 7 nitrogen and oxygen atoms in total. The minimum atomic E-state index is -1.70. The van der Waals surface area contributed by atoms with Crippen molar-refractivity contribution in [1.29, 1.82) is 0 Å². The molecule has 1 heterocycles. The SMILES string of the molecule is CCCN(CC(=O)Nc1ccc(F)c(F)c1F)C(=O)Cn1c(=O)[nH]c2ccccc21. The molecule has 0 aliphatic rings. The highest BCUT2D eigenvalue weighted by Crippen LogP contribution is 2.19. The van der Waals surface area contributed by atoms with Crippen molar-refractivity contribution in [3.05, 3.63) is 64.3 Å². The summed E-state index contributed by atoms with van der Waals surface area (Å²) in [6, 6.07) is 8.43. The summed E-state index contributed by atoms with van der Waals surface area (Å²) in [5.41, 5.74) is 0.120. The number of carbonyl (C=O) groups excluding carboxylic acids is 2. The predicted octanol–water partition coefficient (Wildman–Crippen LogP) is 2.62. The molecule has 0 aliphatic carbocycles. The number of nitrogens with zero attached hydrogens (tertiary/aromatic N) is 2. The molecule has 0 spiro atoms. The van der Waals surface area contributed by atoms with Crippen LogP contribution < -0.4 is 11.0 Å². The molecule has 0 unspecified atom stereocenters. The van der Waals surface area contributed by atoms with Crippen LogP contribution in [0.2, 0.25) is 0 Å². The minimum Gasteiger partial charge on any atom is -0.332 e. The highest BCUT2D eigenvalue weighted by Gasteiger charge is 2.21. The van der Waals surface area contributed by atoms with E-state index in [1.165, 1.54) is 9.47 Å². The summed E-state index contributed by atoms with van der Waals surface area (Å²) in [6.45, 7) is 1.27. The smallest absolute Gasteiger partial charge is 0.326 e. The molecule has 10 heteroatoms. The average molecular weight is 420 g/mol. The zero-order valence-corrected chi connectivity index (χ0v) is 16.0. The standard InChI is InChI=1S/C20H19F3N4O3/c1-2-9-26(10-16(28)24-14-8-7-12(21)18(22)19(14)23)17(29)11-27-15-6-4-3-5-13(15)25-20(27)30/h3-8H,2,9-11H2,1H3,(H,24,28)(H,25,30). The first kappa shape index (κ1) is 21.2. The lowest BCUT2D eigenvalue weighted by Crippen LogP contribution is -2.41. The van der Waals surface area contributed by atoms with Gasteiger partial charge >= 0.3 is 5.69 Å². The zero-order valence-electron chi connectivity index (χ0n) is 16.0. The largest absolute Gasteiger partial charge is 0.332 e. The Labute approximate surface area is 169 Å². The van der Waals surface area contributed by atoms with Crippen LogP contribution in [0.15, 0.2) is 41.2 Å². The molecule has 3 rings (SSSR count). The van der Waals surface area contributed by atoms with E-state index in [-0.39, 0.29) is 13.1 Å². The third kappa shape index (κ3) is 4.37. The first-order chi connectivity index (χ1) is 14.3. The van der Waals surface area contributed by atoms with Crippen LogP contribution in [0.5, 0.6) is 0 Å². The third-order valence-electron chi connectivity index (χ3n) is 4.46. The topological polar surface area (TPSA) is 87.2 Å². The molecule has 2 amide bonds. The summed E-state index contributed by atoms with van der Waals surface area (Å²) in [5.74, 6) is -5.88. The molecule has 0 aliphatic heterocycles. The van der Waals surface area contributed by atoms with Gasteiger partial charge in [0.25, 0.3) is 0 Å². The number of H-pyrrole nitrogens is 1. The van der Waals surface area contributed by atoms with Gasteiger partial charge in [-0.05, 0) is 30.7 Å². The fourth-order valence-electron chi connectivity index (χ4n) is 3.05. The van der Waals surface area contributed by atoms with E-state index in [0.29, 0.717) is 23.5 Å². The Bertz CT molecular complexity index is 1160. The normalized spacial score (nSPS) is 10.9. The van der Waals surface area contributed by atoms with E-state index in [2.05, 4.69) is 10.3 Å². The van der Waals surface area contributed by atoms with E-state index in [1.54, 1.807) is 31.2 Å². The number of carbonyl (C=O) groups is 2. The van der Waals surface area contributed by atoms with E-state index in [0.717, 1.165) is 6.07 Å². The number of benzene rings is 2. The number of anilines is 1. The Morgan fingerprint density at radius 3 is 2.57 bits per heavy atom. The molecule has 2 aromatic carbocycles. The summed E-state index contributed by atoms with van der Waals surface area (Å²) in [5, 5.41) is 2.13. The fourth-order valence-corrected chi connectivity index (χ4v) is 3.05. The third-order valence-corrected chi connectivity index (χ3v) is 4.46. The molecule has 1 aromatic heterocycles. The van der Waals surface area contributed by atoms with Crippen LogP contribution in [0.4, 0.5) is 18.9 Å². The number of para-hydroxylation sites is 2. The van der Waals surface area contributed by atoms with Crippen molar-refractivity contribution in [1.82, 2.24) is 14.5 Å². The van der Waals surface area contributed by atoms with Gasteiger partial charge in [0.2, 0.25) is 11.8 Å². The second kappa shape index (κ2) is 8.85. The summed E-state index contributed by atoms with van der Waals surface area (Å²) >= 11 is 0. The zero-order chi connectivity index (χ0) is 21.8. The lowest BCUT2D eigenvalue weighted by atomic mass is 10.2. The number of hydrogen-bond donors (Lipinski definition) is 2. The highest BCUT2D eigenvalue weighted by molar-refractivity contribution is 5.94. The van der Waals surface area contributed by atoms with Crippen LogP contribution in [-0.4, -0.2) is 39.4 Å². The van der Waals surface area contributed by atoms with Gasteiger partial charge in [-0.2, -0.15) is 0 Å². The van der Waals surface area contributed by atoms with Gasteiger partial charge in [0.1, 0.15) is 6.54 Å². The quantitative estimate of drug-likeness (QED) is 0.576. The Hall–Kier alpha value is -3.56. The molecule has 158 valence electrons. The summed E-state index contributed by atoms with van der Waals surface area (Å²) in [6.07, 6.45) is 0.529. The first-order valence-corrected chi connectivity index (χ1v) is 9.20. The van der Waals surface area contributed by atoms with Gasteiger partial charge < -0.3 is 15.2 Å². The van der Waals surface area contributed by atoms with Crippen molar-refractivity contribution < 1.29 is 22.8 Å². The van der Waals surface area contributed by atoms with Gasteiger partial charge in [0.15, 0.2) is 17.5 Å². The maximum Gasteiger partial charge on any atom is 0.326 e. The van der Waals surface area contributed by atoms with Gasteiger partial charge in [-0.1, -0.05) is 19.1 Å². The Balaban J connectivity index is 1.74. The van der Waals surface area contributed by atoms with Crippen molar-refractivity contribution in [2.24, 2.45) is 0 Å². The molecule has 0 bridgehead atoms. The van der Waals surface area contributed by atoms with Gasteiger partial charge in [-0.15, -0.1) is 0 Å². The number of hydrogen-bond acceptors (Lipinski definition) is 3.